The lowest BCUT2D eigenvalue weighted by Gasteiger charge is -2.28. The molecule has 3 heterocycles. The van der Waals surface area contributed by atoms with Crippen LogP contribution >= 0.6 is 11.3 Å². The molecule has 0 bridgehead atoms. The van der Waals surface area contributed by atoms with E-state index in [-0.39, 0.29) is 11.6 Å². The fourth-order valence-electron chi connectivity index (χ4n) is 4.46. The van der Waals surface area contributed by atoms with Crippen molar-refractivity contribution in [3.8, 4) is 0 Å². The maximum Gasteiger partial charge on any atom is 0.233 e. The molecule has 1 unspecified atom stereocenters. The maximum atomic E-state index is 12.9. The minimum absolute atomic E-state index is 0.00604. The van der Waals surface area contributed by atoms with E-state index in [0.29, 0.717) is 23.7 Å². The predicted molar refractivity (Wildman–Crippen MR) is 112 cm³/mol. The van der Waals surface area contributed by atoms with Crippen LogP contribution in [0, 0.1) is 13.8 Å². The molecule has 1 aliphatic heterocycles. The number of fused-ring (bicyclic) bond motifs is 1. The van der Waals surface area contributed by atoms with Crippen molar-refractivity contribution in [2.45, 2.75) is 39.5 Å². The maximum absolute atomic E-state index is 12.9. The molecule has 2 atom stereocenters. The fraction of sp³-hybridized carbons (Fsp3) is 0.409. The van der Waals surface area contributed by atoms with Crippen molar-refractivity contribution in [3.63, 3.8) is 0 Å². The van der Waals surface area contributed by atoms with Crippen molar-refractivity contribution in [1.82, 2.24) is 9.97 Å². The standard InChI is InChI=1S/C22H25N3O2S/c1-13-20(15(3)26)14(2)23-21(13)18(27)12-25-10-6-7-16(11-25)22-24-17-8-4-5-9-19(17)28-22/h4-5,8-9,16,23H,6-7,10-12H2,1-3H3/p+1/t16-/m0/s1. The number of aryl methyl sites for hydroxylation is 1. The second-order valence-electron chi connectivity index (χ2n) is 7.84. The van der Waals surface area contributed by atoms with E-state index in [2.05, 4.69) is 23.2 Å². The lowest BCUT2D eigenvalue weighted by Crippen LogP contribution is -3.14. The Bertz CT molecular complexity index is 1020. The first-order valence-electron chi connectivity index (χ1n) is 9.86. The van der Waals surface area contributed by atoms with E-state index in [9.17, 15) is 9.59 Å². The quantitative estimate of drug-likeness (QED) is 0.651. The lowest BCUT2D eigenvalue weighted by molar-refractivity contribution is -0.897. The van der Waals surface area contributed by atoms with Gasteiger partial charge in [-0.05, 0) is 51.3 Å². The third kappa shape index (κ3) is 3.54. The summed E-state index contributed by atoms with van der Waals surface area (Å²) in [5, 5.41) is 1.19. The second kappa shape index (κ2) is 7.60. The van der Waals surface area contributed by atoms with Gasteiger partial charge in [-0.25, -0.2) is 4.98 Å². The summed E-state index contributed by atoms with van der Waals surface area (Å²) in [7, 11) is 0. The number of ketones is 2. The molecule has 4 rings (SSSR count). The number of nitrogens with one attached hydrogen (secondary N) is 2. The molecule has 1 aliphatic rings. The molecule has 146 valence electrons. The molecule has 0 spiro atoms. The van der Waals surface area contributed by atoms with Crippen molar-refractivity contribution < 1.29 is 14.5 Å². The van der Waals surface area contributed by atoms with Gasteiger partial charge in [0.25, 0.3) is 0 Å². The summed E-state index contributed by atoms with van der Waals surface area (Å²) in [5.41, 5.74) is 3.89. The number of benzene rings is 1. The third-order valence-corrected chi connectivity index (χ3v) is 6.96. The highest BCUT2D eigenvalue weighted by molar-refractivity contribution is 7.18. The fourth-order valence-corrected chi connectivity index (χ4v) is 5.56. The van der Waals surface area contributed by atoms with Crippen molar-refractivity contribution >= 4 is 33.1 Å². The van der Waals surface area contributed by atoms with Crippen LogP contribution in [0.2, 0.25) is 0 Å². The van der Waals surface area contributed by atoms with Crippen LogP contribution < -0.4 is 4.90 Å². The largest absolute Gasteiger partial charge is 0.355 e. The number of quaternary nitrogens is 1. The van der Waals surface area contributed by atoms with Gasteiger partial charge >= 0.3 is 0 Å². The Morgan fingerprint density at radius 1 is 1.29 bits per heavy atom. The van der Waals surface area contributed by atoms with Gasteiger partial charge in [0.1, 0.15) is 11.6 Å². The van der Waals surface area contributed by atoms with Gasteiger partial charge in [0.2, 0.25) is 5.78 Å². The average Bonchev–Trinajstić information content (AvgIpc) is 3.22. The van der Waals surface area contributed by atoms with E-state index in [1.54, 1.807) is 18.3 Å². The Kier molecular flexibility index (Phi) is 5.17. The second-order valence-corrected chi connectivity index (χ2v) is 8.91. The predicted octanol–water partition coefficient (Wildman–Crippen LogP) is 3.09. The zero-order valence-corrected chi connectivity index (χ0v) is 17.4. The number of para-hydroxylation sites is 1. The van der Waals surface area contributed by atoms with Crippen LogP contribution in [0.5, 0.6) is 0 Å². The molecular formula is C22H26N3O2S+. The lowest BCUT2D eigenvalue weighted by atomic mass is 9.98. The van der Waals surface area contributed by atoms with Crippen LogP contribution in [0.3, 0.4) is 0 Å². The van der Waals surface area contributed by atoms with Crippen molar-refractivity contribution in [2.24, 2.45) is 0 Å². The number of thiazole rings is 1. The Hall–Kier alpha value is -2.31. The number of aromatic nitrogens is 2. The molecule has 28 heavy (non-hydrogen) atoms. The molecule has 2 aromatic heterocycles. The minimum Gasteiger partial charge on any atom is -0.355 e. The van der Waals surface area contributed by atoms with Gasteiger partial charge < -0.3 is 9.88 Å². The molecule has 0 amide bonds. The van der Waals surface area contributed by atoms with E-state index in [1.807, 2.05) is 19.9 Å². The van der Waals surface area contributed by atoms with Crippen LogP contribution in [-0.2, 0) is 0 Å². The molecular weight excluding hydrogens is 370 g/mol. The molecule has 0 saturated carbocycles. The molecule has 5 nitrogen and oxygen atoms in total. The van der Waals surface area contributed by atoms with Crippen LogP contribution in [0.25, 0.3) is 10.2 Å². The number of likely N-dealkylation sites (tertiary alicyclic amines) is 1. The van der Waals surface area contributed by atoms with Gasteiger partial charge in [-0.15, -0.1) is 11.3 Å². The Morgan fingerprint density at radius 2 is 2.07 bits per heavy atom. The van der Waals surface area contributed by atoms with Crippen LogP contribution in [0.1, 0.15) is 62.8 Å². The summed E-state index contributed by atoms with van der Waals surface area (Å²) in [6.45, 7) is 7.67. The number of carbonyl (C=O) groups excluding carboxylic acids is 2. The first-order chi connectivity index (χ1) is 13.4. The average molecular weight is 397 g/mol. The summed E-state index contributed by atoms with van der Waals surface area (Å²) in [4.78, 5) is 34.1. The van der Waals surface area contributed by atoms with Gasteiger partial charge in [0.15, 0.2) is 5.78 Å². The number of carbonyl (C=O) groups is 2. The number of hydrogen-bond acceptors (Lipinski definition) is 4. The Labute approximate surface area is 168 Å². The number of nitrogens with zero attached hydrogens (tertiary/aromatic N) is 1. The van der Waals surface area contributed by atoms with E-state index in [0.717, 1.165) is 42.7 Å². The van der Waals surface area contributed by atoms with Crippen molar-refractivity contribution in [1.29, 1.82) is 0 Å². The first kappa shape index (κ1) is 19.0. The zero-order valence-electron chi connectivity index (χ0n) is 16.6. The van der Waals surface area contributed by atoms with Crippen molar-refractivity contribution in [3.05, 3.63) is 51.8 Å². The number of H-pyrrole nitrogens is 1. The molecule has 0 radical (unpaired) electrons. The van der Waals surface area contributed by atoms with E-state index < -0.39 is 0 Å². The normalized spacial score (nSPS) is 19.8. The smallest absolute Gasteiger partial charge is 0.233 e. The topological polar surface area (TPSA) is 67.3 Å². The summed E-state index contributed by atoms with van der Waals surface area (Å²) in [6, 6.07) is 8.27. The third-order valence-electron chi connectivity index (χ3n) is 5.76. The van der Waals surface area contributed by atoms with Crippen LogP contribution in [-0.4, -0.2) is 41.2 Å². The molecule has 1 fully saturated rings. The number of Topliss-reactive ketones (excluding diaryl/α,β-unsaturated/α-hetero) is 2. The number of piperidine rings is 1. The van der Waals surface area contributed by atoms with Gasteiger partial charge in [0.05, 0.1) is 34.9 Å². The molecule has 2 N–H and O–H groups in total. The molecule has 6 heteroatoms. The van der Waals surface area contributed by atoms with Gasteiger partial charge in [-0.2, -0.15) is 0 Å². The zero-order chi connectivity index (χ0) is 19.8. The van der Waals surface area contributed by atoms with E-state index in [4.69, 9.17) is 4.98 Å². The van der Waals surface area contributed by atoms with Gasteiger partial charge in [-0.1, -0.05) is 12.1 Å². The molecule has 0 aliphatic carbocycles. The molecule has 1 aromatic carbocycles. The first-order valence-corrected chi connectivity index (χ1v) is 10.7. The number of rotatable bonds is 5. The summed E-state index contributed by atoms with van der Waals surface area (Å²) < 4.78 is 1.23. The van der Waals surface area contributed by atoms with Crippen LogP contribution in [0.15, 0.2) is 24.3 Å². The number of aromatic amines is 1. The highest BCUT2D eigenvalue weighted by Gasteiger charge is 2.30. The minimum atomic E-state index is 0.00604. The van der Waals surface area contributed by atoms with Gasteiger partial charge in [-0.3, -0.25) is 9.59 Å². The highest BCUT2D eigenvalue weighted by Crippen LogP contribution is 2.30. The monoisotopic (exact) mass is 396 g/mol. The SMILES string of the molecule is CC(=O)c1c(C)[nH]c(C(=O)C[NH+]2CCC[C@H](c3nc4ccccc4s3)C2)c1C. The highest BCUT2D eigenvalue weighted by atomic mass is 32.1. The molecule has 3 aromatic rings. The number of hydrogen-bond donors (Lipinski definition) is 2. The summed E-state index contributed by atoms with van der Waals surface area (Å²) >= 11 is 1.78. The molecule has 1 saturated heterocycles. The van der Waals surface area contributed by atoms with Crippen LogP contribution in [0.4, 0.5) is 0 Å². The Morgan fingerprint density at radius 3 is 2.79 bits per heavy atom. The van der Waals surface area contributed by atoms with E-state index in [1.165, 1.54) is 14.6 Å². The van der Waals surface area contributed by atoms with Gasteiger partial charge in [0, 0.05) is 11.3 Å². The summed E-state index contributed by atoms with van der Waals surface area (Å²) in [5.74, 6) is 0.507. The van der Waals surface area contributed by atoms with E-state index >= 15 is 0 Å². The Balaban J connectivity index is 1.49. The van der Waals surface area contributed by atoms with Crippen molar-refractivity contribution in [2.75, 3.05) is 19.6 Å². The summed E-state index contributed by atoms with van der Waals surface area (Å²) in [6.07, 6.45) is 2.23.